The van der Waals surface area contributed by atoms with Gasteiger partial charge in [-0.05, 0) is 53.0 Å². The molecule has 0 bridgehead atoms. The Labute approximate surface area is 114 Å². The van der Waals surface area contributed by atoms with Crippen LogP contribution in [0.25, 0.3) is 0 Å². The minimum atomic E-state index is -0.261. The van der Waals surface area contributed by atoms with E-state index in [0.29, 0.717) is 11.0 Å². The molecule has 18 heavy (non-hydrogen) atoms. The summed E-state index contributed by atoms with van der Waals surface area (Å²) in [5.41, 5.74) is 1.01. The molecule has 0 spiro atoms. The number of nitrogens with zero attached hydrogens (tertiary/aromatic N) is 1. The summed E-state index contributed by atoms with van der Waals surface area (Å²) in [5.74, 6) is -0.197. The fourth-order valence-electron chi connectivity index (χ4n) is 2.35. The van der Waals surface area contributed by atoms with Gasteiger partial charge in [-0.15, -0.1) is 0 Å². The molecule has 1 aliphatic rings. The Hall–Kier alpha value is -0.940. The Morgan fingerprint density at radius 3 is 3.06 bits per heavy atom. The number of nitrogens with one attached hydrogen (secondary N) is 1. The molecule has 1 heterocycles. The monoisotopic (exact) mass is 314 g/mol. The van der Waals surface area contributed by atoms with Crippen LogP contribution in [0.5, 0.6) is 0 Å². The number of hydrogen-bond acceptors (Lipinski definition) is 2. The highest BCUT2D eigenvalue weighted by atomic mass is 79.9. The Bertz CT molecular complexity index is 453. The molecule has 3 nitrogen and oxygen atoms in total. The highest BCUT2D eigenvalue weighted by Crippen LogP contribution is 2.23. The lowest BCUT2D eigenvalue weighted by Gasteiger charge is -2.23. The largest absolute Gasteiger partial charge is 0.358 e. The number of rotatable bonds is 3. The summed E-state index contributed by atoms with van der Waals surface area (Å²) in [6, 6.07) is 4.93. The van der Waals surface area contributed by atoms with Gasteiger partial charge in [0.1, 0.15) is 5.82 Å². The minimum Gasteiger partial charge on any atom is -0.358 e. The normalized spacial score (nSPS) is 20.1. The maximum absolute atomic E-state index is 13.1. The average Bonchev–Trinajstić information content (AvgIpc) is 2.81. The first-order valence-electron chi connectivity index (χ1n) is 6.01. The molecule has 1 aromatic rings. The summed E-state index contributed by atoms with van der Waals surface area (Å²) in [6.07, 6.45) is 1.92. The van der Waals surface area contributed by atoms with Crippen molar-refractivity contribution >= 4 is 21.8 Å². The molecule has 1 aliphatic heterocycles. The number of halogens is 2. The van der Waals surface area contributed by atoms with Crippen LogP contribution in [0.3, 0.4) is 0 Å². The maximum atomic E-state index is 13.1. The van der Waals surface area contributed by atoms with Crippen LogP contribution in [-0.2, 0) is 11.3 Å². The van der Waals surface area contributed by atoms with E-state index in [-0.39, 0.29) is 17.8 Å². The zero-order valence-electron chi connectivity index (χ0n) is 10.2. The molecule has 1 fully saturated rings. The van der Waals surface area contributed by atoms with Crippen molar-refractivity contribution < 1.29 is 9.18 Å². The Kier molecular flexibility index (Phi) is 4.35. The Balaban J connectivity index is 2.08. The third-order valence-electron chi connectivity index (χ3n) is 3.28. The number of likely N-dealkylation sites (N-methyl/N-ethyl adjacent to an activating group) is 1. The van der Waals surface area contributed by atoms with Crippen molar-refractivity contribution in [3.05, 3.63) is 34.1 Å². The zero-order valence-corrected chi connectivity index (χ0v) is 11.8. The van der Waals surface area contributed by atoms with Gasteiger partial charge in [0.25, 0.3) is 0 Å². The van der Waals surface area contributed by atoms with Crippen molar-refractivity contribution in [1.82, 2.24) is 10.2 Å². The zero-order chi connectivity index (χ0) is 13.1. The van der Waals surface area contributed by atoms with Gasteiger partial charge in [0.05, 0.1) is 10.5 Å². The maximum Gasteiger partial charge on any atom is 0.237 e. The molecule has 1 saturated heterocycles. The first-order valence-corrected chi connectivity index (χ1v) is 6.80. The van der Waals surface area contributed by atoms with Gasteiger partial charge >= 0.3 is 0 Å². The summed E-state index contributed by atoms with van der Waals surface area (Å²) >= 11 is 3.18. The number of carbonyl (C=O) groups is 1. The first kappa shape index (κ1) is 13.5. The van der Waals surface area contributed by atoms with Crippen LogP contribution in [0.1, 0.15) is 18.4 Å². The van der Waals surface area contributed by atoms with Gasteiger partial charge in [-0.3, -0.25) is 9.69 Å². The molecular weight excluding hydrogens is 299 g/mol. The van der Waals surface area contributed by atoms with Crippen molar-refractivity contribution in [1.29, 1.82) is 0 Å². The average molecular weight is 315 g/mol. The number of hydrogen-bond donors (Lipinski definition) is 1. The van der Waals surface area contributed by atoms with E-state index in [1.54, 1.807) is 19.2 Å². The summed E-state index contributed by atoms with van der Waals surface area (Å²) < 4.78 is 13.6. The van der Waals surface area contributed by atoms with Crippen LogP contribution in [-0.4, -0.2) is 30.4 Å². The molecule has 0 radical (unpaired) electrons. The molecule has 0 aliphatic carbocycles. The molecule has 1 N–H and O–H groups in total. The molecule has 5 heteroatoms. The predicted octanol–water partition coefficient (Wildman–Crippen LogP) is 2.30. The van der Waals surface area contributed by atoms with Gasteiger partial charge in [0.15, 0.2) is 0 Å². The van der Waals surface area contributed by atoms with E-state index in [4.69, 9.17) is 0 Å². The number of amides is 1. The predicted molar refractivity (Wildman–Crippen MR) is 71.6 cm³/mol. The van der Waals surface area contributed by atoms with Gasteiger partial charge in [0.2, 0.25) is 5.91 Å². The van der Waals surface area contributed by atoms with Crippen LogP contribution in [0.15, 0.2) is 22.7 Å². The molecular formula is C13H16BrFN2O. The lowest BCUT2D eigenvalue weighted by molar-refractivity contribution is -0.125. The summed E-state index contributed by atoms with van der Waals surface area (Å²) in [7, 11) is 1.66. The quantitative estimate of drug-likeness (QED) is 0.928. The molecule has 0 saturated carbocycles. The number of benzene rings is 1. The van der Waals surface area contributed by atoms with Crippen molar-refractivity contribution in [2.45, 2.75) is 25.4 Å². The van der Waals surface area contributed by atoms with Gasteiger partial charge < -0.3 is 5.32 Å². The van der Waals surface area contributed by atoms with E-state index in [1.165, 1.54) is 6.07 Å². The summed E-state index contributed by atoms with van der Waals surface area (Å²) in [5, 5.41) is 2.69. The van der Waals surface area contributed by atoms with Gasteiger partial charge in [0, 0.05) is 13.6 Å². The lowest BCUT2D eigenvalue weighted by atomic mass is 10.1. The van der Waals surface area contributed by atoms with Crippen molar-refractivity contribution in [3.63, 3.8) is 0 Å². The van der Waals surface area contributed by atoms with Crippen LogP contribution >= 0.6 is 15.9 Å². The van der Waals surface area contributed by atoms with Crippen LogP contribution in [0, 0.1) is 5.82 Å². The summed E-state index contributed by atoms with van der Waals surface area (Å²) in [6.45, 7) is 1.59. The van der Waals surface area contributed by atoms with Gasteiger partial charge in [-0.1, -0.05) is 6.07 Å². The van der Waals surface area contributed by atoms with Crippen molar-refractivity contribution in [2.24, 2.45) is 0 Å². The third-order valence-corrected chi connectivity index (χ3v) is 3.89. The van der Waals surface area contributed by atoms with Crippen LogP contribution in [0.2, 0.25) is 0 Å². The SMILES string of the molecule is CNC(=O)[C@@H]1CCCN1Cc1ccc(F)c(Br)c1. The third kappa shape index (κ3) is 2.90. The second-order valence-corrected chi connectivity index (χ2v) is 5.35. The molecule has 1 atom stereocenters. The van der Waals surface area contributed by atoms with Crippen LogP contribution in [0.4, 0.5) is 4.39 Å². The van der Waals surface area contributed by atoms with Gasteiger partial charge in [-0.2, -0.15) is 0 Å². The van der Waals surface area contributed by atoms with E-state index < -0.39 is 0 Å². The minimum absolute atomic E-state index is 0.0566. The highest BCUT2D eigenvalue weighted by Gasteiger charge is 2.29. The van der Waals surface area contributed by atoms with Gasteiger partial charge in [-0.25, -0.2) is 4.39 Å². The van der Waals surface area contributed by atoms with E-state index in [1.807, 2.05) is 0 Å². The molecule has 1 aromatic carbocycles. The van der Waals surface area contributed by atoms with E-state index in [2.05, 4.69) is 26.1 Å². The number of carbonyl (C=O) groups excluding carboxylic acids is 1. The second-order valence-electron chi connectivity index (χ2n) is 4.49. The molecule has 98 valence electrons. The highest BCUT2D eigenvalue weighted by molar-refractivity contribution is 9.10. The fraction of sp³-hybridized carbons (Fsp3) is 0.462. The van der Waals surface area contributed by atoms with E-state index in [0.717, 1.165) is 24.9 Å². The van der Waals surface area contributed by atoms with Crippen LogP contribution < -0.4 is 5.32 Å². The van der Waals surface area contributed by atoms with Crippen molar-refractivity contribution in [3.8, 4) is 0 Å². The molecule has 1 amide bonds. The van der Waals surface area contributed by atoms with Crippen molar-refractivity contribution in [2.75, 3.05) is 13.6 Å². The topological polar surface area (TPSA) is 32.3 Å². The first-order chi connectivity index (χ1) is 8.61. The summed E-state index contributed by atoms with van der Waals surface area (Å²) in [4.78, 5) is 13.9. The standard InChI is InChI=1S/C13H16BrFN2O/c1-16-13(18)12-3-2-6-17(12)8-9-4-5-11(15)10(14)7-9/h4-5,7,12H,2-3,6,8H2,1H3,(H,16,18)/t12-/m0/s1. The second kappa shape index (κ2) is 5.80. The smallest absolute Gasteiger partial charge is 0.237 e. The number of likely N-dealkylation sites (tertiary alicyclic amines) is 1. The Morgan fingerprint density at radius 1 is 1.61 bits per heavy atom. The molecule has 0 unspecified atom stereocenters. The molecule has 2 rings (SSSR count). The Morgan fingerprint density at radius 2 is 2.39 bits per heavy atom. The lowest BCUT2D eigenvalue weighted by Crippen LogP contribution is -2.41. The van der Waals surface area contributed by atoms with E-state index >= 15 is 0 Å². The molecule has 0 aromatic heterocycles. The fourth-order valence-corrected chi connectivity index (χ4v) is 2.78. The van der Waals surface area contributed by atoms with E-state index in [9.17, 15) is 9.18 Å².